The molecule has 0 saturated carbocycles. The van der Waals surface area contributed by atoms with E-state index in [1.54, 1.807) is 0 Å². The lowest BCUT2D eigenvalue weighted by molar-refractivity contribution is 0.319. The lowest BCUT2D eigenvalue weighted by Crippen LogP contribution is -1.97. The summed E-state index contributed by atoms with van der Waals surface area (Å²) in [4.78, 5) is 0. The van der Waals surface area contributed by atoms with Crippen LogP contribution in [0.15, 0.2) is 24.3 Å². The Kier molecular flexibility index (Phi) is 4.15. The van der Waals surface area contributed by atoms with Crippen LogP contribution in [0.25, 0.3) is 0 Å². The van der Waals surface area contributed by atoms with Crippen LogP contribution in [0.3, 0.4) is 0 Å². The summed E-state index contributed by atoms with van der Waals surface area (Å²) in [5.74, 6) is 0.880. The van der Waals surface area contributed by atoms with Gasteiger partial charge in [-0.2, -0.15) is 0 Å². The van der Waals surface area contributed by atoms with Gasteiger partial charge in [0.2, 0.25) is 0 Å². The van der Waals surface area contributed by atoms with Crippen molar-refractivity contribution < 1.29 is 4.74 Å². The Morgan fingerprint density at radius 2 is 1.92 bits per heavy atom. The molecule has 0 aliphatic rings. The van der Waals surface area contributed by atoms with E-state index in [9.17, 15) is 0 Å². The number of halogens is 1. The van der Waals surface area contributed by atoms with Crippen molar-refractivity contribution in [2.24, 2.45) is 0 Å². The SMILES string of the molecule is [CH]c1ccc(OCCCBr)cc1. The first-order chi connectivity index (χ1) is 5.83. The minimum absolute atomic E-state index is 0.745. The second kappa shape index (κ2) is 5.20. The molecule has 0 aliphatic carbocycles. The predicted molar refractivity (Wildman–Crippen MR) is 53.8 cm³/mol. The molecule has 0 aliphatic heterocycles. The van der Waals surface area contributed by atoms with Gasteiger partial charge in [0.05, 0.1) is 6.61 Å². The number of ether oxygens (including phenoxy) is 1. The highest BCUT2D eigenvalue weighted by molar-refractivity contribution is 9.09. The van der Waals surface area contributed by atoms with Crippen LogP contribution in [0.5, 0.6) is 5.75 Å². The van der Waals surface area contributed by atoms with Crippen LogP contribution in [-0.4, -0.2) is 11.9 Å². The van der Waals surface area contributed by atoms with Crippen molar-refractivity contribution in [2.75, 3.05) is 11.9 Å². The van der Waals surface area contributed by atoms with Gasteiger partial charge in [-0.05, 0) is 31.0 Å². The summed E-state index contributed by atoms with van der Waals surface area (Å²) in [6.45, 7) is 6.26. The molecule has 0 fully saturated rings. The van der Waals surface area contributed by atoms with Crippen molar-refractivity contribution in [2.45, 2.75) is 6.42 Å². The fraction of sp³-hybridized carbons (Fsp3) is 0.300. The Labute approximate surface area is 81.9 Å². The van der Waals surface area contributed by atoms with Crippen LogP contribution < -0.4 is 4.74 Å². The Bertz CT molecular complexity index is 218. The Morgan fingerprint density at radius 1 is 1.25 bits per heavy atom. The summed E-state index contributed by atoms with van der Waals surface area (Å²) in [7, 11) is 0. The zero-order chi connectivity index (χ0) is 8.81. The zero-order valence-corrected chi connectivity index (χ0v) is 8.38. The molecule has 1 aromatic rings. The highest BCUT2D eigenvalue weighted by Crippen LogP contribution is 2.11. The minimum atomic E-state index is 0.745. The van der Waals surface area contributed by atoms with E-state index in [0.717, 1.165) is 29.7 Å². The van der Waals surface area contributed by atoms with Crippen molar-refractivity contribution in [1.82, 2.24) is 0 Å². The molecule has 1 nitrogen and oxygen atoms in total. The molecule has 0 heterocycles. The number of benzene rings is 1. The van der Waals surface area contributed by atoms with E-state index >= 15 is 0 Å². The molecule has 0 atom stereocenters. The van der Waals surface area contributed by atoms with Crippen LogP contribution >= 0.6 is 15.9 Å². The van der Waals surface area contributed by atoms with E-state index < -0.39 is 0 Å². The van der Waals surface area contributed by atoms with Gasteiger partial charge in [-0.3, -0.25) is 0 Å². The summed E-state index contributed by atoms with van der Waals surface area (Å²) in [6.07, 6.45) is 1.02. The molecule has 0 bridgehead atoms. The normalized spacial score (nSPS) is 9.83. The first-order valence-corrected chi connectivity index (χ1v) is 4.99. The van der Waals surface area contributed by atoms with Crippen LogP contribution in [0.1, 0.15) is 12.0 Å². The second-order valence-electron chi connectivity index (χ2n) is 2.46. The number of hydrogen-bond donors (Lipinski definition) is 0. The van der Waals surface area contributed by atoms with Gasteiger partial charge in [-0.25, -0.2) is 0 Å². The summed E-state index contributed by atoms with van der Waals surface area (Å²) >= 11 is 3.33. The third kappa shape index (κ3) is 3.26. The van der Waals surface area contributed by atoms with E-state index in [2.05, 4.69) is 15.9 Å². The fourth-order valence-electron chi connectivity index (χ4n) is 0.809. The van der Waals surface area contributed by atoms with Gasteiger partial charge in [0, 0.05) is 5.33 Å². The van der Waals surface area contributed by atoms with Crippen molar-refractivity contribution in [3.05, 3.63) is 36.8 Å². The van der Waals surface area contributed by atoms with E-state index in [1.165, 1.54) is 0 Å². The Hall–Kier alpha value is -0.500. The summed E-state index contributed by atoms with van der Waals surface area (Å²) in [5, 5.41) is 0.974. The highest BCUT2D eigenvalue weighted by Gasteiger charge is 1.91. The molecule has 2 heteroatoms. The fourth-order valence-corrected chi connectivity index (χ4v) is 1.04. The predicted octanol–water partition coefficient (Wildman–Crippen LogP) is 2.91. The highest BCUT2D eigenvalue weighted by atomic mass is 79.9. The molecule has 1 rings (SSSR count). The lowest BCUT2D eigenvalue weighted by Gasteiger charge is -2.04. The van der Waals surface area contributed by atoms with Crippen LogP contribution in [0.4, 0.5) is 0 Å². The number of hydrogen-bond acceptors (Lipinski definition) is 1. The van der Waals surface area contributed by atoms with Gasteiger partial charge in [0.15, 0.2) is 0 Å². The van der Waals surface area contributed by atoms with Crippen molar-refractivity contribution in [3.63, 3.8) is 0 Å². The third-order valence-electron chi connectivity index (χ3n) is 1.43. The van der Waals surface area contributed by atoms with Crippen LogP contribution in [-0.2, 0) is 0 Å². The molecule has 2 radical (unpaired) electrons. The van der Waals surface area contributed by atoms with Crippen molar-refractivity contribution in [3.8, 4) is 5.75 Å². The zero-order valence-electron chi connectivity index (χ0n) is 6.79. The monoisotopic (exact) mass is 226 g/mol. The molecule has 0 unspecified atom stereocenters. The first kappa shape index (κ1) is 9.59. The smallest absolute Gasteiger partial charge is 0.119 e. The second-order valence-corrected chi connectivity index (χ2v) is 3.25. The summed E-state index contributed by atoms with van der Waals surface area (Å²) < 4.78 is 5.42. The van der Waals surface area contributed by atoms with Gasteiger partial charge >= 0.3 is 0 Å². The molecule has 64 valence electrons. The van der Waals surface area contributed by atoms with Crippen molar-refractivity contribution in [1.29, 1.82) is 0 Å². The lowest BCUT2D eigenvalue weighted by atomic mass is 10.2. The maximum absolute atomic E-state index is 5.52. The average Bonchev–Trinajstić information content (AvgIpc) is 2.09. The van der Waals surface area contributed by atoms with E-state index in [-0.39, 0.29) is 0 Å². The molecule has 1 aromatic carbocycles. The maximum atomic E-state index is 5.52. The first-order valence-electron chi connectivity index (χ1n) is 3.87. The quantitative estimate of drug-likeness (QED) is 0.567. The van der Waals surface area contributed by atoms with E-state index in [4.69, 9.17) is 11.7 Å². The Morgan fingerprint density at radius 3 is 2.50 bits per heavy atom. The minimum Gasteiger partial charge on any atom is -0.494 e. The molecule has 0 amide bonds. The largest absolute Gasteiger partial charge is 0.494 e. The maximum Gasteiger partial charge on any atom is 0.119 e. The van der Waals surface area contributed by atoms with E-state index in [0.29, 0.717) is 0 Å². The standard InChI is InChI=1S/C10H11BrO/c1-9-3-5-10(6-4-9)12-8-2-7-11/h1,3-6H,2,7-8H2. The van der Waals surface area contributed by atoms with Crippen LogP contribution in [0.2, 0.25) is 0 Å². The van der Waals surface area contributed by atoms with Crippen molar-refractivity contribution >= 4 is 15.9 Å². The molecule has 12 heavy (non-hydrogen) atoms. The Balaban J connectivity index is 2.37. The number of rotatable bonds is 4. The summed E-state index contributed by atoms with van der Waals surface area (Å²) in [6, 6.07) is 7.43. The topological polar surface area (TPSA) is 9.23 Å². The van der Waals surface area contributed by atoms with E-state index in [1.807, 2.05) is 24.3 Å². The number of alkyl halides is 1. The molecule has 0 N–H and O–H groups in total. The van der Waals surface area contributed by atoms with Gasteiger partial charge in [0.1, 0.15) is 5.75 Å². The van der Waals surface area contributed by atoms with Gasteiger partial charge < -0.3 is 4.74 Å². The molecular weight excluding hydrogens is 216 g/mol. The third-order valence-corrected chi connectivity index (χ3v) is 1.99. The van der Waals surface area contributed by atoms with Gasteiger partial charge in [0.25, 0.3) is 0 Å². The molecule has 0 aromatic heterocycles. The van der Waals surface area contributed by atoms with Crippen LogP contribution in [0, 0.1) is 6.92 Å². The molecule has 0 spiro atoms. The molecular formula is C10H11BrO. The van der Waals surface area contributed by atoms with Gasteiger partial charge in [-0.15, -0.1) is 0 Å². The van der Waals surface area contributed by atoms with Gasteiger partial charge in [-0.1, -0.05) is 28.1 Å². The molecule has 0 saturated heterocycles. The summed E-state index contributed by atoms with van der Waals surface area (Å²) in [5.41, 5.74) is 0.767. The average molecular weight is 227 g/mol.